The summed E-state index contributed by atoms with van der Waals surface area (Å²) in [6, 6.07) is 6.64. The van der Waals surface area contributed by atoms with Gasteiger partial charge in [0.2, 0.25) is 0 Å². The van der Waals surface area contributed by atoms with Crippen LogP contribution in [0.15, 0.2) is 39.4 Å². The Kier molecular flexibility index (Phi) is 4.31. The maximum atomic E-state index is 13.8. The molecule has 0 radical (unpaired) electrons. The van der Waals surface area contributed by atoms with E-state index in [0.29, 0.717) is 10.2 Å². The molecule has 1 aromatic carbocycles. The molecular formula is C12H8Br2FNO2. The maximum absolute atomic E-state index is 13.8. The number of benzene rings is 1. The number of ether oxygens (including phenoxy) is 1. The minimum atomic E-state index is -0.658. The van der Waals surface area contributed by atoms with Gasteiger partial charge in [0.15, 0.2) is 5.82 Å². The lowest BCUT2D eigenvalue weighted by molar-refractivity contribution is 0.273. The molecule has 3 nitrogen and oxygen atoms in total. The third-order valence-electron chi connectivity index (χ3n) is 2.21. The zero-order chi connectivity index (χ0) is 13.1. The fourth-order valence-corrected chi connectivity index (χ4v) is 2.45. The summed E-state index contributed by atoms with van der Waals surface area (Å²) in [5, 5.41) is 8.96. The third-order valence-corrected chi connectivity index (χ3v) is 3.32. The number of rotatable bonds is 3. The summed E-state index contributed by atoms with van der Waals surface area (Å²) in [7, 11) is 0. The van der Waals surface area contributed by atoms with Gasteiger partial charge in [-0.3, -0.25) is 0 Å². The number of aromatic nitrogens is 1. The van der Waals surface area contributed by atoms with Crippen LogP contribution in [0.3, 0.4) is 0 Å². The molecule has 0 aliphatic carbocycles. The summed E-state index contributed by atoms with van der Waals surface area (Å²) < 4.78 is 20.7. The van der Waals surface area contributed by atoms with Crippen LogP contribution in [0.1, 0.15) is 5.56 Å². The first-order valence-electron chi connectivity index (χ1n) is 4.99. The van der Waals surface area contributed by atoms with Crippen LogP contribution >= 0.6 is 31.9 Å². The van der Waals surface area contributed by atoms with Crippen LogP contribution < -0.4 is 4.74 Å². The topological polar surface area (TPSA) is 42.4 Å². The van der Waals surface area contributed by atoms with Crippen molar-refractivity contribution in [1.82, 2.24) is 4.98 Å². The quantitative estimate of drug-likeness (QED) is 0.879. The van der Waals surface area contributed by atoms with Gasteiger partial charge in [0, 0.05) is 16.2 Å². The Morgan fingerprint density at radius 1 is 1.28 bits per heavy atom. The summed E-state index contributed by atoms with van der Waals surface area (Å²) >= 11 is 6.62. The molecule has 0 saturated carbocycles. The van der Waals surface area contributed by atoms with Gasteiger partial charge < -0.3 is 9.84 Å². The summed E-state index contributed by atoms with van der Waals surface area (Å²) in [6.45, 7) is -0.397. The smallest absolute Gasteiger partial charge is 0.256 e. The van der Waals surface area contributed by atoms with Gasteiger partial charge in [0.1, 0.15) is 5.75 Å². The van der Waals surface area contributed by atoms with Crippen LogP contribution in [-0.4, -0.2) is 10.1 Å². The molecule has 0 aliphatic rings. The zero-order valence-corrected chi connectivity index (χ0v) is 12.2. The van der Waals surface area contributed by atoms with E-state index in [9.17, 15) is 4.39 Å². The fourth-order valence-electron chi connectivity index (χ4n) is 1.32. The zero-order valence-electron chi connectivity index (χ0n) is 9.03. The normalized spacial score (nSPS) is 10.4. The predicted molar refractivity (Wildman–Crippen MR) is 72.0 cm³/mol. The van der Waals surface area contributed by atoms with Crippen molar-refractivity contribution in [2.45, 2.75) is 6.61 Å². The minimum Gasteiger partial charge on any atom is -0.435 e. The van der Waals surface area contributed by atoms with E-state index in [4.69, 9.17) is 9.84 Å². The average molecular weight is 377 g/mol. The van der Waals surface area contributed by atoms with Gasteiger partial charge in [0.05, 0.1) is 11.1 Å². The summed E-state index contributed by atoms with van der Waals surface area (Å²) in [5.74, 6) is -0.376. The second-order valence-electron chi connectivity index (χ2n) is 3.42. The molecule has 0 fully saturated rings. The third kappa shape index (κ3) is 2.88. The average Bonchev–Trinajstić information content (AvgIpc) is 2.35. The van der Waals surface area contributed by atoms with E-state index in [1.165, 1.54) is 12.3 Å². The van der Waals surface area contributed by atoms with Gasteiger partial charge in [-0.25, -0.2) is 9.37 Å². The Morgan fingerprint density at radius 3 is 2.72 bits per heavy atom. The van der Waals surface area contributed by atoms with E-state index < -0.39 is 12.4 Å². The lowest BCUT2D eigenvalue weighted by Crippen LogP contribution is -1.97. The second kappa shape index (κ2) is 5.77. The van der Waals surface area contributed by atoms with Gasteiger partial charge in [-0.2, -0.15) is 0 Å². The van der Waals surface area contributed by atoms with E-state index in [1.807, 2.05) is 0 Å². The number of halogens is 3. The van der Waals surface area contributed by atoms with E-state index in [2.05, 4.69) is 36.8 Å². The first-order chi connectivity index (χ1) is 8.61. The predicted octanol–water partition coefficient (Wildman–Crippen LogP) is 4.03. The number of hydrogen-bond donors (Lipinski definition) is 1. The van der Waals surface area contributed by atoms with Gasteiger partial charge in [-0.15, -0.1) is 0 Å². The van der Waals surface area contributed by atoms with Crippen molar-refractivity contribution in [2.24, 2.45) is 0 Å². The Hall–Kier alpha value is -0.980. The Bertz CT molecular complexity index is 578. The number of hydrogen-bond acceptors (Lipinski definition) is 3. The molecule has 1 N–H and O–H groups in total. The number of pyridine rings is 1. The van der Waals surface area contributed by atoms with Crippen molar-refractivity contribution in [1.29, 1.82) is 0 Å². The molecule has 18 heavy (non-hydrogen) atoms. The first kappa shape index (κ1) is 13.5. The van der Waals surface area contributed by atoms with Crippen LogP contribution in [0, 0.1) is 5.82 Å². The molecule has 0 atom stereocenters. The van der Waals surface area contributed by atoms with Crippen molar-refractivity contribution in [3.05, 3.63) is 50.8 Å². The van der Waals surface area contributed by atoms with Crippen LogP contribution in [0.25, 0.3) is 0 Å². The van der Waals surface area contributed by atoms with Crippen molar-refractivity contribution in [3.63, 3.8) is 0 Å². The molecule has 2 rings (SSSR count). The molecule has 0 spiro atoms. The summed E-state index contributed by atoms with van der Waals surface area (Å²) in [5.41, 5.74) is 0.147. The highest BCUT2D eigenvalue weighted by Crippen LogP contribution is 2.32. The van der Waals surface area contributed by atoms with Gasteiger partial charge in [-0.05, 0) is 40.2 Å². The van der Waals surface area contributed by atoms with Crippen LogP contribution in [0.2, 0.25) is 0 Å². The molecule has 1 heterocycles. The molecule has 0 saturated heterocycles. The fraction of sp³-hybridized carbons (Fsp3) is 0.0833. The van der Waals surface area contributed by atoms with Gasteiger partial charge >= 0.3 is 0 Å². The summed E-state index contributed by atoms with van der Waals surface area (Å²) in [6.07, 6.45) is 1.39. The second-order valence-corrected chi connectivity index (χ2v) is 5.19. The van der Waals surface area contributed by atoms with Crippen molar-refractivity contribution in [3.8, 4) is 11.6 Å². The van der Waals surface area contributed by atoms with E-state index >= 15 is 0 Å². The molecule has 1 aromatic heterocycles. The van der Waals surface area contributed by atoms with E-state index in [-0.39, 0.29) is 11.4 Å². The Morgan fingerprint density at radius 2 is 2.06 bits per heavy atom. The molecule has 0 bridgehead atoms. The number of nitrogens with zero attached hydrogens (tertiary/aromatic N) is 1. The highest BCUT2D eigenvalue weighted by molar-refractivity contribution is 9.11. The molecule has 0 unspecified atom stereocenters. The molecule has 94 valence electrons. The SMILES string of the molecule is OCc1ccnc(Oc2ccc(Br)cc2Br)c1F. The largest absolute Gasteiger partial charge is 0.435 e. The highest BCUT2D eigenvalue weighted by atomic mass is 79.9. The van der Waals surface area contributed by atoms with Crippen molar-refractivity contribution >= 4 is 31.9 Å². The Labute approximate surface area is 120 Å². The standard InChI is InChI=1S/C12H8Br2FNO2/c13-8-1-2-10(9(14)5-8)18-12-11(15)7(6-17)3-4-16-12/h1-5,17H,6H2. The summed E-state index contributed by atoms with van der Waals surface area (Å²) in [4.78, 5) is 3.80. The maximum Gasteiger partial charge on any atom is 0.256 e. The van der Waals surface area contributed by atoms with Crippen LogP contribution in [0.5, 0.6) is 11.6 Å². The van der Waals surface area contributed by atoms with E-state index in [1.54, 1.807) is 18.2 Å². The number of aliphatic hydroxyl groups excluding tert-OH is 1. The van der Waals surface area contributed by atoms with E-state index in [0.717, 1.165) is 4.47 Å². The molecule has 0 amide bonds. The van der Waals surface area contributed by atoms with Crippen LogP contribution in [0.4, 0.5) is 4.39 Å². The lowest BCUT2D eigenvalue weighted by atomic mass is 10.2. The van der Waals surface area contributed by atoms with Crippen molar-refractivity contribution < 1.29 is 14.2 Å². The van der Waals surface area contributed by atoms with Gasteiger partial charge in [-0.1, -0.05) is 15.9 Å². The van der Waals surface area contributed by atoms with Gasteiger partial charge in [0.25, 0.3) is 5.88 Å². The monoisotopic (exact) mass is 375 g/mol. The molecule has 0 aliphatic heterocycles. The Balaban J connectivity index is 2.34. The highest BCUT2D eigenvalue weighted by Gasteiger charge is 2.12. The lowest BCUT2D eigenvalue weighted by Gasteiger charge is -2.09. The molecular weight excluding hydrogens is 369 g/mol. The van der Waals surface area contributed by atoms with Crippen LogP contribution in [-0.2, 0) is 6.61 Å². The number of aliphatic hydroxyl groups is 1. The first-order valence-corrected chi connectivity index (χ1v) is 6.57. The van der Waals surface area contributed by atoms with Crippen molar-refractivity contribution in [2.75, 3.05) is 0 Å². The molecule has 6 heteroatoms. The molecule has 2 aromatic rings. The minimum absolute atomic E-state index is 0.147.